The maximum atomic E-state index is 11.9. The lowest BCUT2D eigenvalue weighted by molar-refractivity contribution is 0.0385. The number of ether oxygens (including phenoxy) is 2. The molecule has 10 heteroatoms. The summed E-state index contributed by atoms with van der Waals surface area (Å²) >= 11 is 9.25. The fraction of sp³-hybridized carbons (Fsp3) is 0.462. The van der Waals surface area contributed by atoms with Crippen LogP contribution in [0.1, 0.15) is 0 Å². The second-order valence-electron chi connectivity index (χ2n) is 4.92. The predicted octanol–water partition coefficient (Wildman–Crippen LogP) is 1.57. The van der Waals surface area contributed by atoms with Crippen molar-refractivity contribution in [1.29, 1.82) is 0 Å². The van der Waals surface area contributed by atoms with Crippen molar-refractivity contribution in [3.63, 3.8) is 0 Å². The number of carbonyl (C=O) groups is 1. The van der Waals surface area contributed by atoms with Crippen LogP contribution in [0.15, 0.2) is 16.7 Å². The number of amides is 1. The van der Waals surface area contributed by atoms with Gasteiger partial charge in [0.2, 0.25) is 5.88 Å². The number of rotatable bonds is 4. The molecule has 0 bridgehead atoms. The van der Waals surface area contributed by atoms with Crippen LogP contribution in [0.4, 0.5) is 4.79 Å². The van der Waals surface area contributed by atoms with Crippen LogP contribution in [0.5, 0.6) is 5.88 Å². The van der Waals surface area contributed by atoms with Crippen LogP contribution >= 0.6 is 27.5 Å². The largest absolute Gasteiger partial charge is 0.413 e. The number of aromatic nitrogens is 3. The summed E-state index contributed by atoms with van der Waals surface area (Å²) in [4.78, 5) is 18.3. The van der Waals surface area contributed by atoms with Gasteiger partial charge < -0.3 is 14.8 Å². The number of morpholine rings is 1. The van der Waals surface area contributed by atoms with Gasteiger partial charge in [-0.1, -0.05) is 11.6 Å². The summed E-state index contributed by atoms with van der Waals surface area (Å²) in [6, 6.07) is 1.44. The minimum Gasteiger partial charge on any atom is -0.391 e. The highest BCUT2D eigenvalue weighted by Gasteiger charge is 2.14. The zero-order chi connectivity index (χ0) is 16.2. The molecule has 1 fully saturated rings. The maximum Gasteiger partial charge on any atom is 0.413 e. The molecule has 2 aromatic heterocycles. The van der Waals surface area contributed by atoms with Crippen LogP contribution in [0, 0.1) is 0 Å². The van der Waals surface area contributed by atoms with Crippen LogP contribution in [0.3, 0.4) is 0 Å². The van der Waals surface area contributed by atoms with Gasteiger partial charge in [-0.25, -0.2) is 9.78 Å². The Balaban J connectivity index is 1.57. The van der Waals surface area contributed by atoms with E-state index >= 15 is 0 Å². The van der Waals surface area contributed by atoms with E-state index in [1.54, 1.807) is 6.20 Å². The molecule has 0 radical (unpaired) electrons. The van der Waals surface area contributed by atoms with E-state index in [9.17, 15) is 4.79 Å². The summed E-state index contributed by atoms with van der Waals surface area (Å²) in [6.07, 6.45) is 0.996. The summed E-state index contributed by atoms with van der Waals surface area (Å²) < 4.78 is 12.6. The lowest BCUT2D eigenvalue weighted by Gasteiger charge is -2.26. The molecule has 1 aliphatic heterocycles. The van der Waals surface area contributed by atoms with Gasteiger partial charge in [-0.3, -0.25) is 4.90 Å². The molecule has 3 heterocycles. The van der Waals surface area contributed by atoms with Crippen LogP contribution in [0.25, 0.3) is 5.65 Å². The van der Waals surface area contributed by atoms with Crippen molar-refractivity contribution in [2.75, 3.05) is 39.4 Å². The number of halogens is 2. The monoisotopic (exact) mass is 403 g/mol. The highest BCUT2D eigenvalue weighted by Crippen LogP contribution is 2.23. The van der Waals surface area contributed by atoms with Crippen molar-refractivity contribution in [3.05, 3.63) is 21.9 Å². The number of nitrogens with zero attached hydrogens (tertiary/aromatic N) is 4. The fourth-order valence-electron chi connectivity index (χ4n) is 2.23. The summed E-state index contributed by atoms with van der Waals surface area (Å²) in [7, 11) is 0. The van der Waals surface area contributed by atoms with E-state index in [0.29, 0.717) is 16.7 Å². The zero-order valence-corrected chi connectivity index (χ0v) is 14.5. The van der Waals surface area contributed by atoms with E-state index < -0.39 is 6.09 Å². The summed E-state index contributed by atoms with van der Waals surface area (Å²) in [5, 5.41) is 7.01. The standard InChI is InChI=1S/C13H15BrClN5O3/c14-9-8-17-20-11(7-10(15)18-12(9)20)23-13(21)16-1-2-19-3-5-22-6-4-19/h7-8H,1-6H2,(H,16,21). The Morgan fingerprint density at radius 1 is 1.48 bits per heavy atom. The SMILES string of the molecule is O=C(NCCN1CCOCC1)Oc1cc(Cl)nc2c(Br)cnn12. The summed E-state index contributed by atoms with van der Waals surface area (Å²) in [5.74, 6) is 0.203. The van der Waals surface area contributed by atoms with E-state index in [1.165, 1.54) is 10.6 Å². The lowest BCUT2D eigenvalue weighted by Crippen LogP contribution is -2.41. The number of hydrogen-bond acceptors (Lipinski definition) is 6. The fourth-order valence-corrected chi connectivity index (χ4v) is 2.75. The second-order valence-corrected chi connectivity index (χ2v) is 6.16. The molecule has 0 aliphatic carbocycles. The molecule has 124 valence electrons. The van der Waals surface area contributed by atoms with Crippen molar-refractivity contribution in [2.24, 2.45) is 0 Å². The third kappa shape index (κ3) is 4.11. The number of fused-ring (bicyclic) bond motifs is 1. The first-order valence-electron chi connectivity index (χ1n) is 7.09. The normalized spacial score (nSPS) is 15.7. The highest BCUT2D eigenvalue weighted by molar-refractivity contribution is 9.10. The van der Waals surface area contributed by atoms with E-state index in [2.05, 4.69) is 36.2 Å². The van der Waals surface area contributed by atoms with Crippen molar-refractivity contribution in [1.82, 2.24) is 24.8 Å². The second kappa shape index (κ2) is 7.43. The molecule has 8 nitrogen and oxygen atoms in total. The Labute approximate surface area is 145 Å². The Hall–Kier alpha value is -1.42. The first kappa shape index (κ1) is 16.4. The Morgan fingerprint density at radius 2 is 2.26 bits per heavy atom. The van der Waals surface area contributed by atoms with Gasteiger partial charge in [0.05, 0.1) is 23.9 Å². The molecule has 23 heavy (non-hydrogen) atoms. The number of hydrogen-bond donors (Lipinski definition) is 1. The number of carbonyl (C=O) groups excluding carboxylic acids is 1. The molecule has 0 spiro atoms. The molecular weight excluding hydrogens is 390 g/mol. The van der Waals surface area contributed by atoms with Crippen LogP contribution in [-0.4, -0.2) is 65.0 Å². The predicted molar refractivity (Wildman–Crippen MR) is 87.0 cm³/mol. The van der Waals surface area contributed by atoms with Gasteiger partial charge in [-0.2, -0.15) is 9.61 Å². The minimum absolute atomic E-state index is 0.203. The van der Waals surface area contributed by atoms with Crippen molar-refractivity contribution in [3.8, 4) is 5.88 Å². The van der Waals surface area contributed by atoms with Gasteiger partial charge in [-0.15, -0.1) is 0 Å². The van der Waals surface area contributed by atoms with Crippen LogP contribution in [0.2, 0.25) is 5.15 Å². The molecule has 1 amide bonds. The Kier molecular flexibility index (Phi) is 5.31. The van der Waals surface area contributed by atoms with Gasteiger partial charge in [0, 0.05) is 32.2 Å². The molecule has 1 N–H and O–H groups in total. The van der Waals surface area contributed by atoms with E-state index in [4.69, 9.17) is 21.1 Å². The smallest absolute Gasteiger partial charge is 0.391 e. The maximum absolute atomic E-state index is 11.9. The molecule has 0 atom stereocenters. The third-order valence-corrected chi connectivity index (χ3v) is 4.12. The van der Waals surface area contributed by atoms with Crippen molar-refractivity contribution in [2.45, 2.75) is 0 Å². The average Bonchev–Trinajstić information content (AvgIpc) is 2.90. The summed E-state index contributed by atoms with van der Waals surface area (Å²) in [5.41, 5.74) is 0.480. The van der Waals surface area contributed by atoms with Crippen LogP contribution < -0.4 is 10.1 Å². The minimum atomic E-state index is -0.562. The first-order chi connectivity index (χ1) is 11.1. The molecule has 0 saturated carbocycles. The Morgan fingerprint density at radius 3 is 3.04 bits per heavy atom. The molecule has 1 saturated heterocycles. The average molecular weight is 405 g/mol. The van der Waals surface area contributed by atoms with Gasteiger partial charge in [0.15, 0.2) is 5.65 Å². The van der Waals surface area contributed by atoms with Gasteiger partial charge in [0.25, 0.3) is 0 Å². The van der Waals surface area contributed by atoms with Crippen molar-refractivity contribution < 1.29 is 14.3 Å². The van der Waals surface area contributed by atoms with Crippen LogP contribution in [-0.2, 0) is 4.74 Å². The molecule has 2 aromatic rings. The molecule has 3 rings (SSSR count). The lowest BCUT2D eigenvalue weighted by atomic mass is 10.4. The van der Waals surface area contributed by atoms with Gasteiger partial charge >= 0.3 is 6.09 Å². The van der Waals surface area contributed by atoms with E-state index in [-0.39, 0.29) is 11.0 Å². The zero-order valence-electron chi connectivity index (χ0n) is 12.2. The Bertz CT molecular complexity index is 704. The molecule has 0 aromatic carbocycles. The quantitative estimate of drug-likeness (QED) is 0.779. The molecular formula is C13H15BrClN5O3. The third-order valence-electron chi connectivity index (χ3n) is 3.36. The van der Waals surface area contributed by atoms with Gasteiger partial charge in [-0.05, 0) is 15.9 Å². The summed E-state index contributed by atoms with van der Waals surface area (Å²) in [6.45, 7) is 4.44. The van der Waals surface area contributed by atoms with E-state index in [1.807, 2.05) is 0 Å². The molecule has 0 unspecified atom stereocenters. The first-order valence-corrected chi connectivity index (χ1v) is 8.26. The topological polar surface area (TPSA) is 81.0 Å². The van der Waals surface area contributed by atoms with E-state index in [0.717, 1.165) is 32.8 Å². The molecule has 1 aliphatic rings. The number of nitrogens with one attached hydrogen (secondary N) is 1. The highest BCUT2D eigenvalue weighted by atomic mass is 79.9. The van der Waals surface area contributed by atoms with Gasteiger partial charge in [0.1, 0.15) is 5.15 Å². The van der Waals surface area contributed by atoms with Crippen molar-refractivity contribution >= 4 is 39.3 Å².